The second-order valence-electron chi connectivity index (χ2n) is 9.56. The number of fused-ring (bicyclic) bond motifs is 1. The zero-order chi connectivity index (χ0) is 27.3. The molecule has 1 aliphatic rings. The number of benzene rings is 2. The summed E-state index contributed by atoms with van der Waals surface area (Å²) in [5.41, 5.74) is 6.90. The molecule has 0 radical (unpaired) electrons. The zero-order valence-electron chi connectivity index (χ0n) is 22.1. The molecule has 4 heterocycles. The Bertz CT molecular complexity index is 1650. The van der Waals surface area contributed by atoms with E-state index in [9.17, 15) is 4.79 Å². The smallest absolute Gasteiger partial charge is 0.255 e. The van der Waals surface area contributed by atoms with Gasteiger partial charge in [0.1, 0.15) is 5.82 Å². The Morgan fingerprint density at radius 3 is 2.38 bits per heavy atom. The number of amides is 1. The van der Waals surface area contributed by atoms with E-state index in [0.717, 1.165) is 65.6 Å². The molecule has 3 N–H and O–H groups in total. The summed E-state index contributed by atoms with van der Waals surface area (Å²) in [6.45, 7) is 5.11. The van der Waals surface area contributed by atoms with E-state index >= 15 is 0 Å². The van der Waals surface area contributed by atoms with E-state index in [2.05, 4.69) is 47.9 Å². The second-order valence-corrected chi connectivity index (χ2v) is 9.56. The summed E-state index contributed by atoms with van der Waals surface area (Å²) in [5, 5.41) is 10.7. The number of rotatable bonds is 7. The van der Waals surface area contributed by atoms with Crippen LogP contribution in [0.1, 0.15) is 16.1 Å². The monoisotopic (exact) mass is 531 g/mol. The van der Waals surface area contributed by atoms with Gasteiger partial charge >= 0.3 is 0 Å². The lowest BCUT2D eigenvalue weighted by Crippen LogP contribution is -2.36. The molecule has 9 nitrogen and oxygen atoms in total. The van der Waals surface area contributed by atoms with E-state index < -0.39 is 0 Å². The van der Waals surface area contributed by atoms with E-state index in [1.165, 1.54) is 0 Å². The fourth-order valence-corrected chi connectivity index (χ4v) is 4.67. The average molecular weight is 532 g/mol. The number of nitrogens with one attached hydrogen (secondary N) is 3. The molecule has 2 aromatic carbocycles. The van der Waals surface area contributed by atoms with Gasteiger partial charge in [0.25, 0.3) is 5.91 Å². The predicted molar refractivity (Wildman–Crippen MR) is 159 cm³/mol. The van der Waals surface area contributed by atoms with Crippen LogP contribution in [-0.2, 0) is 4.74 Å². The molecule has 0 bridgehead atoms. The molecule has 1 saturated heterocycles. The minimum absolute atomic E-state index is 0.217. The third kappa shape index (κ3) is 5.84. The Morgan fingerprint density at radius 2 is 1.55 bits per heavy atom. The molecular formula is C31H29N7O2. The van der Waals surface area contributed by atoms with Gasteiger partial charge in [-0.15, -0.1) is 0 Å². The molecule has 200 valence electrons. The summed E-state index contributed by atoms with van der Waals surface area (Å²) in [5.74, 6) is 0.356. The molecule has 6 rings (SSSR count). The maximum absolute atomic E-state index is 13.0. The van der Waals surface area contributed by atoms with Crippen molar-refractivity contribution < 1.29 is 9.53 Å². The zero-order valence-corrected chi connectivity index (χ0v) is 22.1. The summed E-state index contributed by atoms with van der Waals surface area (Å²) >= 11 is 0. The maximum Gasteiger partial charge on any atom is 0.255 e. The molecule has 9 heteroatoms. The van der Waals surface area contributed by atoms with Gasteiger partial charge in [-0.3, -0.25) is 14.8 Å². The average Bonchev–Trinajstić information content (AvgIpc) is 2.99. The fourth-order valence-electron chi connectivity index (χ4n) is 4.67. The van der Waals surface area contributed by atoms with Gasteiger partial charge in [0.2, 0.25) is 0 Å². The molecule has 1 amide bonds. The van der Waals surface area contributed by atoms with Crippen LogP contribution in [0.15, 0.2) is 91.4 Å². The Balaban J connectivity index is 1.15. The first-order valence-corrected chi connectivity index (χ1v) is 13.2. The van der Waals surface area contributed by atoms with Crippen molar-refractivity contribution >= 4 is 51.1 Å². The minimum atomic E-state index is -0.217. The summed E-state index contributed by atoms with van der Waals surface area (Å²) < 4.78 is 5.50. The van der Waals surface area contributed by atoms with Gasteiger partial charge in [-0.05, 0) is 79.7 Å². The summed E-state index contributed by atoms with van der Waals surface area (Å²) in [4.78, 5) is 28.5. The maximum atomic E-state index is 13.0. The molecule has 40 heavy (non-hydrogen) atoms. The molecule has 0 saturated carbocycles. The lowest BCUT2D eigenvalue weighted by Gasteiger charge is -2.29. The SMILES string of the molecule is Cc1cc(Nc2ccc(NC(=O)c3ccnc(Nc4ccnc5ccc(N6CCOCC6)cc45)c3)cc2)ccn1. The number of hydrogen-bond acceptors (Lipinski definition) is 8. The lowest BCUT2D eigenvalue weighted by atomic mass is 10.1. The number of hydrogen-bond donors (Lipinski definition) is 3. The predicted octanol–water partition coefficient (Wildman–Crippen LogP) is 5.91. The first-order chi connectivity index (χ1) is 19.6. The number of carbonyl (C=O) groups excluding carboxylic acids is 1. The fraction of sp³-hybridized carbons (Fsp3) is 0.161. The van der Waals surface area contributed by atoms with Crippen LogP contribution in [-0.4, -0.2) is 47.2 Å². The molecular weight excluding hydrogens is 502 g/mol. The van der Waals surface area contributed by atoms with Crippen molar-refractivity contribution in [2.45, 2.75) is 6.92 Å². The summed E-state index contributed by atoms with van der Waals surface area (Å²) in [6.07, 6.45) is 5.16. The van der Waals surface area contributed by atoms with E-state index in [4.69, 9.17) is 4.74 Å². The van der Waals surface area contributed by atoms with Crippen molar-refractivity contribution in [3.63, 3.8) is 0 Å². The van der Waals surface area contributed by atoms with Crippen molar-refractivity contribution in [3.8, 4) is 0 Å². The molecule has 0 spiro atoms. The Labute approximate surface area is 232 Å². The normalized spacial score (nSPS) is 13.2. The quantitative estimate of drug-likeness (QED) is 0.238. The third-order valence-corrected chi connectivity index (χ3v) is 6.71. The number of carbonyl (C=O) groups is 1. The molecule has 1 fully saturated rings. The standard InChI is InChI=1S/C31H29N7O2/c1-21-18-25(9-12-32-21)35-23-2-4-24(5-3-23)36-31(39)22-8-11-34-30(19-22)37-29-10-13-33-28-7-6-26(20-27(28)29)38-14-16-40-17-15-38/h2-13,18-20H,14-17H2,1H3,(H,32,35)(H,36,39)(H,33,34,37). The van der Waals surface area contributed by atoms with E-state index in [-0.39, 0.29) is 5.91 Å². The van der Waals surface area contributed by atoms with Crippen molar-refractivity contribution in [2.75, 3.05) is 47.2 Å². The van der Waals surface area contributed by atoms with E-state index in [0.29, 0.717) is 17.1 Å². The minimum Gasteiger partial charge on any atom is -0.378 e. The molecule has 1 aliphatic heterocycles. The first-order valence-electron chi connectivity index (χ1n) is 13.2. The van der Waals surface area contributed by atoms with Gasteiger partial charge in [-0.2, -0.15) is 0 Å². The van der Waals surface area contributed by atoms with Crippen molar-refractivity contribution in [1.82, 2.24) is 15.0 Å². The largest absolute Gasteiger partial charge is 0.378 e. The van der Waals surface area contributed by atoms with Crippen LogP contribution in [0, 0.1) is 6.92 Å². The first kappa shape index (κ1) is 25.3. The highest BCUT2D eigenvalue weighted by Crippen LogP contribution is 2.29. The Kier molecular flexibility index (Phi) is 7.19. The van der Waals surface area contributed by atoms with Gasteiger partial charge < -0.3 is 25.6 Å². The van der Waals surface area contributed by atoms with Gasteiger partial charge in [0.15, 0.2) is 0 Å². The van der Waals surface area contributed by atoms with E-state index in [1.54, 1.807) is 30.7 Å². The molecule has 3 aromatic heterocycles. The lowest BCUT2D eigenvalue weighted by molar-refractivity contribution is 0.102. The van der Waals surface area contributed by atoms with Gasteiger partial charge in [0, 0.05) is 71.1 Å². The molecule has 5 aromatic rings. The summed E-state index contributed by atoms with van der Waals surface area (Å²) in [6, 6.07) is 23.1. The van der Waals surface area contributed by atoms with Crippen LogP contribution in [0.5, 0.6) is 0 Å². The Morgan fingerprint density at radius 1 is 0.775 bits per heavy atom. The highest BCUT2D eigenvalue weighted by Gasteiger charge is 2.14. The van der Waals surface area contributed by atoms with Gasteiger partial charge in [0.05, 0.1) is 24.4 Å². The highest BCUT2D eigenvalue weighted by molar-refractivity contribution is 6.05. The van der Waals surface area contributed by atoms with Crippen LogP contribution < -0.4 is 20.9 Å². The number of aryl methyl sites for hydroxylation is 1. The number of ether oxygens (including phenoxy) is 1. The van der Waals surface area contributed by atoms with Crippen LogP contribution in [0.25, 0.3) is 10.9 Å². The summed E-state index contributed by atoms with van der Waals surface area (Å²) in [7, 11) is 0. The highest BCUT2D eigenvalue weighted by atomic mass is 16.5. The number of anilines is 6. The van der Waals surface area contributed by atoms with Crippen LogP contribution >= 0.6 is 0 Å². The topological polar surface area (TPSA) is 104 Å². The van der Waals surface area contributed by atoms with Gasteiger partial charge in [-0.1, -0.05) is 0 Å². The number of aromatic nitrogens is 3. The van der Waals surface area contributed by atoms with Crippen molar-refractivity contribution in [3.05, 3.63) is 103 Å². The van der Waals surface area contributed by atoms with E-state index in [1.807, 2.05) is 55.5 Å². The van der Waals surface area contributed by atoms with Crippen LogP contribution in [0.3, 0.4) is 0 Å². The number of pyridine rings is 3. The number of morpholine rings is 1. The number of nitrogens with zero attached hydrogens (tertiary/aromatic N) is 4. The Hall–Kier alpha value is -5.02. The molecule has 0 aliphatic carbocycles. The van der Waals surface area contributed by atoms with Crippen LogP contribution in [0.2, 0.25) is 0 Å². The third-order valence-electron chi connectivity index (χ3n) is 6.71. The van der Waals surface area contributed by atoms with Crippen LogP contribution in [0.4, 0.5) is 34.3 Å². The molecule has 0 atom stereocenters. The van der Waals surface area contributed by atoms with Gasteiger partial charge in [-0.25, -0.2) is 4.98 Å². The van der Waals surface area contributed by atoms with Crippen molar-refractivity contribution in [2.24, 2.45) is 0 Å². The second kappa shape index (κ2) is 11.4. The molecule has 0 unspecified atom stereocenters. The van der Waals surface area contributed by atoms with Crippen molar-refractivity contribution in [1.29, 1.82) is 0 Å².